The van der Waals surface area contributed by atoms with Gasteiger partial charge >= 0.3 is 0 Å². The molecule has 2 aromatic carbocycles. The zero-order valence-corrected chi connectivity index (χ0v) is 15.4. The number of amides is 1. The molecule has 26 heavy (non-hydrogen) atoms. The molecule has 3 rings (SSSR count). The topological polar surface area (TPSA) is 93.7 Å². The highest BCUT2D eigenvalue weighted by Crippen LogP contribution is 2.32. The van der Waals surface area contributed by atoms with E-state index in [1.807, 2.05) is 0 Å². The number of hydrogen-bond donors (Lipinski definition) is 2. The van der Waals surface area contributed by atoms with Crippen molar-refractivity contribution in [3.05, 3.63) is 53.1 Å². The Bertz CT molecular complexity index is 933. The second-order valence-corrected chi connectivity index (χ2v) is 7.77. The van der Waals surface area contributed by atoms with Crippen molar-refractivity contribution in [2.24, 2.45) is 0 Å². The lowest BCUT2D eigenvalue weighted by Gasteiger charge is -2.15. The predicted molar refractivity (Wildman–Crippen MR) is 95.6 cm³/mol. The molecule has 0 saturated carbocycles. The smallest absolute Gasteiger partial charge is 0.242 e. The van der Waals surface area contributed by atoms with Crippen molar-refractivity contribution in [2.45, 2.75) is 24.4 Å². The van der Waals surface area contributed by atoms with E-state index in [9.17, 15) is 13.2 Å². The molecule has 1 aliphatic rings. The number of benzene rings is 2. The van der Waals surface area contributed by atoms with Crippen LogP contribution < -0.4 is 19.5 Å². The van der Waals surface area contributed by atoms with Gasteiger partial charge in [0.15, 0.2) is 11.5 Å². The van der Waals surface area contributed by atoms with Crippen molar-refractivity contribution in [1.82, 2.24) is 10.0 Å². The zero-order chi connectivity index (χ0) is 18.7. The Hall–Kier alpha value is -2.29. The van der Waals surface area contributed by atoms with Gasteiger partial charge in [0.1, 0.15) is 4.90 Å². The van der Waals surface area contributed by atoms with Gasteiger partial charge in [-0.25, -0.2) is 8.42 Å². The first kappa shape index (κ1) is 18.5. The Morgan fingerprint density at radius 1 is 1.19 bits per heavy atom. The average Bonchev–Trinajstić information content (AvgIpc) is 3.07. The summed E-state index contributed by atoms with van der Waals surface area (Å²) in [7, 11) is -3.91. The highest BCUT2D eigenvalue weighted by molar-refractivity contribution is 7.89. The summed E-state index contributed by atoms with van der Waals surface area (Å²) < 4.78 is 37.6. The Morgan fingerprint density at radius 2 is 1.92 bits per heavy atom. The summed E-state index contributed by atoms with van der Waals surface area (Å²) in [6.45, 7) is 1.86. The van der Waals surface area contributed by atoms with Crippen molar-refractivity contribution in [3.63, 3.8) is 0 Å². The van der Waals surface area contributed by atoms with E-state index in [1.165, 1.54) is 19.1 Å². The second kappa shape index (κ2) is 7.53. The zero-order valence-electron chi connectivity index (χ0n) is 13.9. The summed E-state index contributed by atoms with van der Waals surface area (Å²) in [6, 6.07) is 10.4. The van der Waals surface area contributed by atoms with Gasteiger partial charge in [-0.3, -0.25) is 4.79 Å². The molecule has 0 saturated heterocycles. The van der Waals surface area contributed by atoms with E-state index in [4.69, 9.17) is 21.1 Å². The summed E-state index contributed by atoms with van der Waals surface area (Å²) in [6.07, 6.45) is 0. The quantitative estimate of drug-likeness (QED) is 0.779. The normalized spacial score (nSPS) is 14.1. The molecule has 9 heteroatoms. The number of halogens is 1. The molecule has 0 radical (unpaired) electrons. The number of rotatable bonds is 6. The third-order valence-electron chi connectivity index (χ3n) is 3.76. The van der Waals surface area contributed by atoms with Crippen LogP contribution in [0, 0.1) is 0 Å². The van der Waals surface area contributed by atoms with Crippen LogP contribution in [0.5, 0.6) is 11.5 Å². The average molecular weight is 397 g/mol. The first-order valence-electron chi connectivity index (χ1n) is 7.80. The lowest BCUT2D eigenvalue weighted by Crippen LogP contribution is -2.44. The summed E-state index contributed by atoms with van der Waals surface area (Å²) in [5.74, 6) is 0.809. The first-order valence-corrected chi connectivity index (χ1v) is 9.66. The van der Waals surface area contributed by atoms with Gasteiger partial charge in [-0.05, 0) is 36.8 Å². The maximum atomic E-state index is 12.4. The summed E-state index contributed by atoms with van der Waals surface area (Å²) in [4.78, 5) is 12.1. The monoisotopic (exact) mass is 396 g/mol. The molecular formula is C17H17ClN2O5S. The fourth-order valence-electron chi connectivity index (χ4n) is 2.41. The highest BCUT2D eigenvalue weighted by atomic mass is 35.5. The number of sulfonamides is 1. The molecule has 1 atom stereocenters. The lowest BCUT2D eigenvalue weighted by molar-refractivity contribution is -0.122. The van der Waals surface area contributed by atoms with E-state index in [0.717, 1.165) is 5.56 Å². The van der Waals surface area contributed by atoms with Crippen molar-refractivity contribution < 1.29 is 22.7 Å². The number of ether oxygens (including phenoxy) is 2. The van der Waals surface area contributed by atoms with Gasteiger partial charge < -0.3 is 14.8 Å². The molecule has 7 nitrogen and oxygen atoms in total. The van der Waals surface area contributed by atoms with Gasteiger partial charge in [-0.1, -0.05) is 29.8 Å². The van der Waals surface area contributed by atoms with Gasteiger partial charge in [0.2, 0.25) is 22.7 Å². The molecular weight excluding hydrogens is 380 g/mol. The molecule has 0 spiro atoms. The number of hydrogen-bond acceptors (Lipinski definition) is 5. The van der Waals surface area contributed by atoms with E-state index in [0.29, 0.717) is 11.5 Å². The third-order valence-corrected chi connectivity index (χ3v) is 5.80. The van der Waals surface area contributed by atoms with Crippen molar-refractivity contribution in [2.75, 3.05) is 6.79 Å². The molecule has 0 unspecified atom stereocenters. The van der Waals surface area contributed by atoms with Crippen LogP contribution in [0.4, 0.5) is 0 Å². The lowest BCUT2D eigenvalue weighted by atomic mass is 10.2. The van der Waals surface area contributed by atoms with E-state index in [2.05, 4.69) is 10.0 Å². The first-order chi connectivity index (χ1) is 12.4. The molecule has 1 amide bonds. The molecule has 0 bridgehead atoms. The Labute approximate surface area is 156 Å². The van der Waals surface area contributed by atoms with Crippen LogP contribution in [0.15, 0.2) is 47.4 Å². The third kappa shape index (κ3) is 4.09. The minimum Gasteiger partial charge on any atom is -0.454 e. The van der Waals surface area contributed by atoms with Gasteiger partial charge in [0.25, 0.3) is 0 Å². The maximum absolute atomic E-state index is 12.4. The van der Waals surface area contributed by atoms with Gasteiger partial charge in [0.05, 0.1) is 11.1 Å². The highest BCUT2D eigenvalue weighted by Gasteiger charge is 2.23. The summed E-state index contributed by atoms with van der Waals surface area (Å²) in [5, 5.41) is 2.77. The number of fused-ring (bicyclic) bond motifs is 1. The molecule has 1 aliphatic heterocycles. The van der Waals surface area contributed by atoms with E-state index < -0.39 is 22.0 Å². The summed E-state index contributed by atoms with van der Waals surface area (Å²) >= 11 is 5.92. The van der Waals surface area contributed by atoms with Gasteiger partial charge in [-0.2, -0.15) is 4.72 Å². The van der Waals surface area contributed by atoms with Crippen LogP contribution >= 0.6 is 11.6 Å². The predicted octanol–water partition coefficient (Wildman–Crippen LogP) is 2.05. The number of nitrogens with one attached hydrogen (secondary N) is 2. The second-order valence-electron chi connectivity index (χ2n) is 5.68. The molecule has 0 aromatic heterocycles. The number of carbonyl (C=O) groups is 1. The standard InChI is InChI=1S/C17H17ClN2O5S/c1-11(20-26(22,23)16-5-3-2-4-13(16)18)17(21)19-9-12-6-7-14-15(8-12)25-10-24-14/h2-8,11,20H,9-10H2,1H3,(H,19,21)/t11-/m0/s1. The largest absolute Gasteiger partial charge is 0.454 e. The van der Waals surface area contributed by atoms with E-state index in [1.54, 1.807) is 30.3 Å². The van der Waals surface area contributed by atoms with Crippen molar-refractivity contribution in [3.8, 4) is 11.5 Å². The van der Waals surface area contributed by atoms with Crippen LogP contribution in [0.25, 0.3) is 0 Å². The van der Waals surface area contributed by atoms with Crippen molar-refractivity contribution in [1.29, 1.82) is 0 Å². The minimum absolute atomic E-state index is 0.0721. The van der Waals surface area contributed by atoms with Crippen LogP contribution in [0.1, 0.15) is 12.5 Å². The van der Waals surface area contributed by atoms with Crippen LogP contribution in [0.2, 0.25) is 5.02 Å². The van der Waals surface area contributed by atoms with Crippen LogP contribution in [0.3, 0.4) is 0 Å². The molecule has 2 aromatic rings. The molecule has 2 N–H and O–H groups in total. The van der Waals surface area contributed by atoms with E-state index in [-0.39, 0.29) is 23.3 Å². The fourth-order valence-corrected chi connectivity index (χ4v) is 4.13. The summed E-state index contributed by atoms with van der Waals surface area (Å²) in [5.41, 5.74) is 0.809. The van der Waals surface area contributed by atoms with E-state index >= 15 is 0 Å². The van der Waals surface area contributed by atoms with Gasteiger partial charge in [0, 0.05) is 6.54 Å². The molecule has 138 valence electrons. The molecule has 0 aliphatic carbocycles. The Balaban J connectivity index is 1.60. The van der Waals surface area contributed by atoms with Crippen LogP contribution in [-0.2, 0) is 21.4 Å². The Morgan fingerprint density at radius 3 is 2.69 bits per heavy atom. The maximum Gasteiger partial charge on any atom is 0.242 e. The molecule has 0 fully saturated rings. The molecule has 1 heterocycles. The minimum atomic E-state index is -3.91. The fraction of sp³-hybridized carbons (Fsp3) is 0.235. The van der Waals surface area contributed by atoms with Gasteiger partial charge in [-0.15, -0.1) is 0 Å². The SMILES string of the molecule is C[C@H](NS(=O)(=O)c1ccccc1Cl)C(=O)NCc1ccc2c(c1)OCO2. The Kier molecular flexibility index (Phi) is 5.36. The van der Waals surface area contributed by atoms with Crippen molar-refractivity contribution >= 4 is 27.5 Å². The number of carbonyl (C=O) groups excluding carboxylic acids is 1. The van der Waals surface area contributed by atoms with Crippen LogP contribution in [-0.4, -0.2) is 27.2 Å².